The van der Waals surface area contributed by atoms with Gasteiger partial charge in [0.1, 0.15) is 18.3 Å². The molecule has 8 nitrogen and oxygen atoms in total. The van der Waals surface area contributed by atoms with E-state index in [9.17, 15) is 4.79 Å². The minimum absolute atomic E-state index is 0.154. The van der Waals surface area contributed by atoms with Crippen LogP contribution in [0.15, 0.2) is 35.0 Å². The lowest BCUT2D eigenvalue weighted by atomic mass is 9.85. The number of ether oxygens (including phenoxy) is 6. The Morgan fingerprint density at radius 2 is 2.03 bits per heavy atom. The molecule has 2 aromatic carbocycles. The minimum Gasteiger partial charge on any atom is -0.493 e. The molecule has 0 fully saturated rings. The predicted molar refractivity (Wildman–Crippen MR) is 128 cm³/mol. The van der Waals surface area contributed by atoms with Gasteiger partial charge in [-0.15, -0.1) is 0 Å². The van der Waals surface area contributed by atoms with Crippen molar-refractivity contribution in [2.24, 2.45) is 0 Å². The fraction of sp³-hybridized carbons (Fsp3) is 0.346. The van der Waals surface area contributed by atoms with Gasteiger partial charge in [-0.05, 0) is 53.6 Å². The zero-order valence-electron chi connectivity index (χ0n) is 19.7. The molecule has 0 saturated carbocycles. The van der Waals surface area contributed by atoms with Crippen LogP contribution in [0.1, 0.15) is 44.8 Å². The second kappa shape index (κ2) is 8.66. The SMILES string of the molecule is COc1ccc2c(c1OCc1ccsc1)C(=O)O[C@@H]2[C@H]1c2c(cc3c(c2OC)OCO3)CCN1C. The summed E-state index contributed by atoms with van der Waals surface area (Å²) in [5, 5.41) is 4.01. The highest BCUT2D eigenvalue weighted by Crippen LogP contribution is 2.55. The van der Waals surface area contributed by atoms with E-state index in [1.807, 2.05) is 42.1 Å². The number of benzene rings is 2. The van der Waals surface area contributed by atoms with Crippen molar-refractivity contribution in [1.82, 2.24) is 4.90 Å². The van der Waals surface area contributed by atoms with Crippen molar-refractivity contribution in [2.75, 3.05) is 34.6 Å². The number of carbonyl (C=O) groups excluding carboxylic acids is 1. The quantitative estimate of drug-likeness (QED) is 0.463. The first-order valence-electron chi connectivity index (χ1n) is 11.4. The zero-order valence-corrected chi connectivity index (χ0v) is 20.5. The van der Waals surface area contributed by atoms with Crippen LogP contribution in [0.2, 0.25) is 0 Å². The highest BCUT2D eigenvalue weighted by atomic mass is 32.1. The molecule has 0 spiro atoms. The molecule has 9 heteroatoms. The van der Waals surface area contributed by atoms with Gasteiger partial charge in [-0.2, -0.15) is 11.3 Å². The average Bonchev–Trinajstić information content (AvgIpc) is 3.62. The molecule has 35 heavy (non-hydrogen) atoms. The Hall–Kier alpha value is -3.43. The molecular formula is C26H25NO7S. The molecule has 0 aliphatic carbocycles. The summed E-state index contributed by atoms with van der Waals surface area (Å²) in [6.45, 7) is 1.28. The molecule has 0 unspecified atom stereocenters. The number of cyclic esters (lactones) is 1. The third kappa shape index (κ3) is 3.49. The summed E-state index contributed by atoms with van der Waals surface area (Å²) in [5.41, 5.74) is 4.25. The van der Waals surface area contributed by atoms with Gasteiger partial charge in [-0.1, -0.05) is 6.07 Å². The standard InChI is InChI=1S/C26H25NO7S/c1-27-8-6-15-10-18-24(33-13-32-18)25(30-3)19(15)21(27)22-16-4-5-17(29-2)23(20(16)26(28)34-22)31-11-14-7-9-35-12-14/h4-5,7,9-10,12,21-22H,6,8,11,13H2,1-3H3/t21-,22+/m1/s1. The van der Waals surface area contributed by atoms with Gasteiger partial charge in [-0.25, -0.2) is 4.79 Å². The van der Waals surface area contributed by atoms with Gasteiger partial charge in [0.05, 0.1) is 20.3 Å². The molecule has 0 radical (unpaired) electrons. The first kappa shape index (κ1) is 22.1. The maximum Gasteiger partial charge on any atom is 0.343 e. The number of rotatable bonds is 6. The Morgan fingerprint density at radius 1 is 1.14 bits per heavy atom. The lowest BCUT2D eigenvalue weighted by Crippen LogP contribution is -2.36. The minimum atomic E-state index is -0.551. The summed E-state index contributed by atoms with van der Waals surface area (Å²) >= 11 is 1.60. The maximum atomic E-state index is 13.3. The van der Waals surface area contributed by atoms with E-state index in [0.29, 0.717) is 40.9 Å². The molecule has 0 amide bonds. The van der Waals surface area contributed by atoms with Gasteiger partial charge >= 0.3 is 5.97 Å². The third-order valence-corrected chi connectivity index (χ3v) is 7.55. The van der Waals surface area contributed by atoms with E-state index < -0.39 is 12.1 Å². The molecule has 0 N–H and O–H groups in total. The van der Waals surface area contributed by atoms with Crippen LogP contribution in [0, 0.1) is 0 Å². The Bertz CT molecular complexity index is 1290. The number of thiophene rings is 1. The number of esters is 1. The number of hydrogen-bond donors (Lipinski definition) is 0. The van der Waals surface area contributed by atoms with E-state index >= 15 is 0 Å². The lowest BCUT2D eigenvalue weighted by Gasteiger charge is -2.38. The van der Waals surface area contributed by atoms with Crippen molar-refractivity contribution in [3.63, 3.8) is 0 Å². The smallest absolute Gasteiger partial charge is 0.343 e. The van der Waals surface area contributed by atoms with Gasteiger partial charge in [-0.3, -0.25) is 4.90 Å². The Labute approximate surface area is 206 Å². The van der Waals surface area contributed by atoms with E-state index in [-0.39, 0.29) is 12.8 Å². The molecule has 0 bridgehead atoms. The molecule has 2 atom stereocenters. The molecule has 182 valence electrons. The van der Waals surface area contributed by atoms with Crippen LogP contribution >= 0.6 is 11.3 Å². The number of fused-ring (bicyclic) bond motifs is 3. The van der Waals surface area contributed by atoms with E-state index in [1.54, 1.807) is 25.6 Å². The second-order valence-electron chi connectivity index (χ2n) is 8.70. The first-order valence-corrected chi connectivity index (χ1v) is 12.3. The van der Waals surface area contributed by atoms with Crippen LogP contribution in [0.5, 0.6) is 28.7 Å². The van der Waals surface area contributed by atoms with Crippen molar-refractivity contribution in [2.45, 2.75) is 25.2 Å². The number of methoxy groups -OCH3 is 2. The molecule has 4 heterocycles. The fourth-order valence-electron chi connectivity index (χ4n) is 5.18. The Morgan fingerprint density at radius 3 is 2.80 bits per heavy atom. The summed E-state index contributed by atoms with van der Waals surface area (Å²) in [6.07, 6.45) is 0.269. The molecule has 6 rings (SSSR count). The maximum absolute atomic E-state index is 13.3. The van der Waals surface area contributed by atoms with Gasteiger partial charge < -0.3 is 28.4 Å². The van der Waals surface area contributed by atoms with Crippen LogP contribution in [0.4, 0.5) is 0 Å². The topological polar surface area (TPSA) is 75.7 Å². The molecule has 3 aliphatic rings. The van der Waals surface area contributed by atoms with Crippen molar-refractivity contribution in [3.05, 3.63) is 62.8 Å². The molecule has 3 aliphatic heterocycles. The summed E-state index contributed by atoms with van der Waals surface area (Å²) in [4.78, 5) is 15.5. The van der Waals surface area contributed by atoms with E-state index in [2.05, 4.69) is 4.90 Å². The summed E-state index contributed by atoms with van der Waals surface area (Å²) in [7, 11) is 5.22. The van der Waals surface area contributed by atoms with Crippen LogP contribution in [-0.2, 0) is 17.8 Å². The summed E-state index contributed by atoms with van der Waals surface area (Å²) < 4.78 is 34.9. The number of nitrogens with zero attached hydrogens (tertiary/aromatic N) is 1. The van der Waals surface area contributed by atoms with Gasteiger partial charge in [0, 0.05) is 17.7 Å². The Kier molecular flexibility index (Phi) is 5.46. The van der Waals surface area contributed by atoms with Crippen molar-refractivity contribution >= 4 is 17.3 Å². The van der Waals surface area contributed by atoms with Gasteiger partial charge in [0.2, 0.25) is 12.5 Å². The summed E-state index contributed by atoms with van der Waals surface area (Å²) in [5.74, 6) is 2.37. The molecule has 3 aromatic rings. The second-order valence-corrected chi connectivity index (χ2v) is 9.48. The van der Waals surface area contributed by atoms with Crippen molar-refractivity contribution in [1.29, 1.82) is 0 Å². The normalized spacial score (nSPS) is 20.3. The number of hydrogen-bond acceptors (Lipinski definition) is 9. The molecule has 1 aromatic heterocycles. The Balaban J connectivity index is 1.45. The first-order chi connectivity index (χ1) is 17.1. The van der Waals surface area contributed by atoms with Crippen LogP contribution in [0.25, 0.3) is 0 Å². The van der Waals surface area contributed by atoms with Gasteiger partial charge in [0.15, 0.2) is 23.0 Å². The van der Waals surface area contributed by atoms with Crippen molar-refractivity contribution in [3.8, 4) is 28.7 Å². The zero-order chi connectivity index (χ0) is 24.1. The van der Waals surface area contributed by atoms with E-state index in [4.69, 9.17) is 28.4 Å². The fourth-order valence-corrected chi connectivity index (χ4v) is 5.84. The molecule has 0 saturated heterocycles. The van der Waals surface area contributed by atoms with Crippen LogP contribution in [0.3, 0.4) is 0 Å². The average molecular weight is 496 g/mol. The third-order valence-electron chi connectivity index (χ3n) is 6.82. The molecular weight excluding hydrogens is 470 g/mol. The largest absolute Gasteiger partial charge is 0.493 e. The lowest BCUT2D eigenvalue weighted by molar-refractivity contribution is 0.00871. The van der Waals surface area contributed by atoms with E-state index in [1.165, 1.54) is 0 Å². The summed E-state index contributed by atoms with van der Waals surface area (Å²) in [6, 6.07) is 7.46. The number of carbonyl (C=O) groups is 1. The number of likely N-dealkylation sites (N-methyl/N-ethyl adjacent to an activating group) is 1. The van der Waals surface area contributed by atoms with Crippen LogP contribution < -0.4 is 23.7 Å². The van der Waals surface area contributed by atoms with Crippen molar-refractivity contribution < 1.29 is 33.2 Å². The van der Waals surface area contributed by atoms with Crippen LogP contribution in [-0.4, -0.2) is 45.5 Å². The predicted octanol–water partition coefficient (Wildman–Crippen LogP) is 4.51. The highest BCUT2D eigenvalue weighted by molar-refractivity contribution is 7.07. The monoisotopic (exact) mass is 495 g/mol. The highest BCUT2D eigenvalue weighted by Gasteiger charge is 2.46. The van der Waals surface area contributed by atoms with Gasteiger partial charge in [0.25, 0.3) is 0 Å². The van der Waals surface area contributed by atoms with E-state index in [0.717, 1.165) is 35.2 Å².